The second-order valence-corrected chi connectivity index (χ2v) is 5.44. The van der Waals surface area contributed by atoms with Gasteiger partial charge in [0.25, 0.3) is 0 Å². The molecule has 0 saturated heterocycles. The van der Waals surface area contributed by atoms with Crippen LogP contribution < -0.4 is 10.6 Å². The molecule has 0 aliphatic rings. The Morgan fingerprint density at radius 3 is 2.35 bits per heavy atom. The van der Waals surface area contributed by atoms with E-state index in [1.54, 1.807) is 0 Å². The normalized spacial score (nSPS) is 11.3. The number of amides is 1. The number of hydrogen-bond acceptors (Lipinski definition) is 2. The highest BCUT2D eigenvalue weighted by Gasteiger charge is 2.10. The minimum Gasteiger partial charge on any atom is -0.351 e. The van der Waals surface area contributed by atoms with Crippen molar-refractivity contribution in [3.63, 3.8) is 0 Å². The molecule has 0 aromatic heterocycles. The van der Waals surface area contributed by atoms with E-state index in [1.807, 2.05) is 45.0 Å². The van der Waals surface area contributed by atoms with Gasteiger partial charge in [0.1, 0.15) is 0 Å². The smallest absolute Gasteiger partial charge is 0.234 e. The molecule has 1 rings (SSSR count). The van der Waals surface area contributed by atoms with Crippen LogP contribution in [-0.4, -0.2) is 18.0 Å². The van der Waals surface area contributed by atoms with Crippen LogP contribution in [0.5, 0.6) is 0 Å². The maximum Gasteiger partial charge on any atom is 0.234 e. The molecule has 0 saturated carbocycles. The molecule has 2 N–H and O–H groups in total. The van der Waals surface area contributed by atoms with Crippen molar-refractivity contribution in [2.45, 2.75) is 32.9 Å². The summed E-state index contributed by atoms with van der Waals surface area (Å²) in [5.41, 5.74) is 0.996. The lowest BCUT2D eigenvalue weighted by Gasteiger charge is -2.20. The SMILES string of the molecule is CC(C)(C)NCC(=O)NCc1ccc(Cl)cc1. The number of carbonyl (C=O) groups is 1. The van der Waals surface area contributed by atoms with Crippen LogP contribution >= 0.6 is 11.6 Å². The van der Waals surface area contributed by atoms with Gasteiger partial charge in [-0.3, -0.25) is 4.79 Å². The van der Waals surface area contributed by atoms with Gasteiger partial charge >= 0.3 is 0 Å². The number of carbonyl (C=O) groups excluding carboxylic acids is 1. The summed E-state index contributed by atoms with van der Waals surface area (Å²) >= 11 is 5.78. The second kappa shape index (κ2) is 6.03. The van der Waals surface area contributed by atoms with E-state index < -0.39 is 0 Å². The Kier molecular flexibility index (Phi) is 4.97. The highest BCUT2D eigenvalue weighted by molar-refractivity contribution is 6.30. The number of halogens is 1. The molecule has 0 aliphatic heterocycles. The number of nitrogens with one attached hydrogen (secondary N) is 2. The first-order chi connectivity index (χ1) is 7.87. The zero-order valence-corrected chi connectivity index (χ0v) is 11.3. The average Bonchev–Trinajstić information content (AvgIpc) is 2.25. The van der Waals surface area contributed by atoms with Gasteiger partial charge in [0.15, 0.2) is 0 Å². The summed E-state index contributed by atoms with van der Waals surface area (Å²) in [4.78, 5) is 11.5. The zero-order valence-electron chi connectivity index (χ0n) is 10.5. The van der Waals surface area contributed by atoms with E-state index in [4.69, 9.17) is 11.6 Å². The zero-order chi connectivity index (χ0) is 12.9. The Balaban J connectivity index is 2.31. The molecule has 1 aromatic carbocycles. The number of rotatable bonds is 4. The minimum atomic E-state index is -0.0440. The average molecular weight is 255 g/mol. The summed E-state index contributed by atoms with van der Waals surface area (Å²) < 4.78 is 0. The summed E-state index contributed by atoms with van der Waals surface area (Å²) in [6.07, 6.45) is 0. The Morgan fingerprint density at radius 1 is 1.24 bits per heavy atom. The van der Waals surface area contributed by atoms with E-state index in [9.17, 15) is 4.79 Å². The first kappa shape index (κ1) is 14.0. The van der Waals surface area contributed by atoms with Crippen molar-refractivity contribution in [1.29, 1.82) is 0 Å². The van der Waals surface area contributed by atoms with E-state index >= 15 is 0 Å². The molecule has 3 nitrogen and oxygen atoms in total. The van der Waals surface area contributed by atoms with Crippen molar-refractivity contribution in [3.05, 3.63) is 34.9 Å². The molecule has 1 aromatic rings. The van der Waals surface area contributed by atoms with Crippen LogP contribution in [0.3, 0.4) is 0 Å². The third-order valence-corrected chi connectivity index (χ3v) is 2.43. The summed E-state index contributed by atoms with van der Waals surface area (Å²) in [6, 6.07) is 7.44. The summed E-state index contributed by atoms with van der Waals surface area (Å²) in [5.74, 6) is -0.00475. The van der Waals surface area contributed by atoms with Crippen molar-refractivity contribution in [3.8, 4) is 0 Å². The molecule has 4 heteroatoms. The molecule has 0 heterocycles. The topological polar surface area (TPSA) is 41.1 Å². The lowest BCUT2D eigenvalue weighted by molar-refractivity contribution is -0.120. The molecule has 94 valence electrons. The summed E-state index contributed by atoms with van der Waals surface area (Å²) in [6.45, 7) is 6.94. The molecule has 0 fully saturated rings. The summed E-state index contributed by atoms with van der Waals surface area (Å²) in [7, 11) is 0. The van der Waals surface area contributed by atoms with E-state index in [1.165, 1.54) is 0 Å². The molecule has 0 aliphatic carbocycles. The first-order valence-corrected chi connectivity index (χ1v) is 6.01. The van der Waals surface area contributed by atoms with Crippen LogP contribution in [0.15, 0.2) is 24.3 Å². The molecule has 0 atom stereocenters. The Hall–Kier alpha value is -1.06. The fourth-order valence-corrected chi connectivity index (χ4v) is 1.34. The van der Waals surface area contributed by atoms with E-state index in [0.717, 1.165) is 5.56 Å². The minimum absolute atomic E-state index is 0.00475. The maximum absolute atomic E-state index is 11.5. The van der Waals surface area contributed by atoms with E-state index in [2.05, 4.69) is 10.6 Å². The quantitative estimate of drug-likeness (QED) is 0.866. The summed E-state index contributed by atoms with van der Waals surface area (Å²) in [5, 5.41) is 6.68. The van der Waals surface area contributed by atoms with Crippen LogP contribution in [0.4, 0.5) is 0 Å². The molecule has 0 bridgehead atoms. The van der Waals surface area contributed by atoms with Gasteiger partial charge in [-0.2, -0.15) is 0 Å². The lowest BCUT2D eigenvalue weighted by Crippen LogP contribution is -2.43. The van der Waals surface area contributed by atoms with Crippen LogP contribution in [0.1, 0.15) is 26.3 Å². The third kappa shape index (κ3) is 6.29. The molecular formula is C13H19ClN2O. The Morgan fingerprint density at radius 2 is 1.82 bits per heavy atom. The Bertz CT molecular complexity index is 368. The van der Waals surface area contributed by atoms with Crippen LogP contribution in [0, 0.1) is 0 Å². The molecule has 0 unspecified atom stereocenters. The molecule has 17 heavy (non-hydrogen) atoms. The first-order valence-electron chi connectivity index (χ1n) is 5.63. The molecule has 1 amide bonds. The standard InChI is InChI=1S/C13H19ClN2O/c1-13(2,3)16-9-12(17)15-8-10-4-6-11(14)7-5-10/h4-7,16H,8-9H2,1-3H3,(H,15,17). The van der Waals surface area contributed by atoms with Crippen molar-refractivity contribution in [1.82, 2.24) is 10.6 Å². The van der Waals surface area contributed by atoms with Gasteiger partial charge in [0.05, 0.1) is 6.54 Å². The predicted molar refractivity (Wildman–Crippen MR) is 71.1 cm³/mol. The van der Waals surface area contributed by atoms with E-state index in [0.29, 0.717) is 18.1 Å². The van der Waals surface area contributed by atoms with Gasteiger partial charge in [-0.05, 0) is 38.5 Å². The van der Waals surface area contributed by atoms with Gasteiger partial charge in [-0.25, -0.2) is 0 Å². The third-order valence-electron chi connectivity index (χ3n) is 2.18. The Labute approximate surface area is 108 Å². The van der Waals surface area contributed by atoms with Crippen LogP contribution in [0.2, 0.25) is 5.02 Å². The molecular weight excluding hydrogens is 236 g/mol. The highest BCUT2D eigenvalue weighted by atomic mass is 35.5. The second-order valence-electron chi connectivity index (χ2n) is 5.01. The highest BCUT2D eigenvalue weighted by Crippen LogP contribution is 2.08. The van der Waals surface area contributed by atoms with Crippen LogP contribution in [-0.2, 0) is 11.3 Å². The fourth-order valence-electron chi connectivity index (χ4n) is 1.21. The van der Waals surface area contributed by atoms with Crippen molar-refractivity contribution >= 4 is 17.5 Å². The molecule has 0 radical (unpaired) electrons. The number of hydrogen-bond donors (Lipinski definition) is 2. The van der Waals surface area contributed by atoms with Gasteiger partial charge < -0.3 is 10.6 Å². The fraction of sp³-hybridized carbons (Fsp3) is 0.462. The van der Waals surface area contributed by atoms with Gasteiger partial charge in [-0.1, -0.05) is 23.7 Å². The largest absolute Gasteiger partial charge is 0.351 e. The van der Waals surface area contributed by atoms with Crippen molar-refractivity contribution in [2.24, 2.45) is 0 Å². The van der Waals surface area contributed by atoms with Crippen LogP contribution in [0.25, 0.3) is 0 Å². The number of benzene rings is 1. The maximum atomic E-state index is 11.5. The predicted octanol–water partition coefficient (Wildman–Crippen LogP) is 2.34. The van der Waals surface area contributed by atoms with Crippen molar-refractivity contribution in [2.75, 3.05) is 6.54 Å². The molecule has 0 spiro atoms. The van der Waals surface area contributed by atoms with E-state index in [-0.39, 0.29) is 11.4 Å². The van der Waals surface area contributed by atoms with Gasteiger partial charge in [0, 0.05) is 17.1 Å². The van der Waals surface area contributed by atoms with Gasteiger partial charge in [-0.15, -0.1) is 0 Å². The lowest BCUT2D eigenvalue weighted by atomic mass is 10.1. The van der Waals surface area contributed by atoms with Gasteiger partial charge in [0.2, 0.25) is 5.91 Å². The monoisotopic (exact) mass is 254 g/mol. The van der Waals surface area contributed by atoms with Crippen molar-refractivity contribution < 1.29 is 4.79 Å².